The minimum Gasteiger partial charge on any atom is -0.481 e. The van der Waals surface area contributed by atoms with Gasteiger partial charge in [-0.1, -0.05) is 36.4 Å². The predicted octanol–water partition coefficient (Wildman–Crippen LogP) is 4.04. The molecule has 0 atom stereocenters. The number of aromatic nitrogens is 1. The van der Waals surface area contributed by atoms with E-state index in [9.17, 15) is 0 Å². The molecule has 2 aromatic carbocycles. The van der Waals surface area contributed by atoms with Crippen molar-refractivity contribution in [3.05, 3.63) is 60.7 Å². The Hall–Kier alpha value is -2.66. The lowest BCUT2D eigenvalue weighted by Gasteiger charge is -2.19. The van der Waals surface area contributed by atoms with E-state index in [1.807, 2.05) is 55.6 Å². The molecule has 0 bridgehead atoms. The summed E-state index contributed by atoms with van der Waals surface area (Å²) >= 11 is 5.37. The zero-order valence-electron chi connectivity index (χ0n) is 12.9. The van der Waals surface area contributed by atoms with Gasteiger partial charge in [0.25, 0.3) is 5.17 Å². The number of rotatable bonds is 3. The first-order chi connectivity index (χ1) is 11.2. The van der Waals surface area contributed by atoms with Gasteiger partial charge in [-0.15, -0.1) is 0 Å². The number of hydrogen-bond acceptors (Lipinski definition) is 4. The molecule has 116 valence electrons. The van der Waals surface area contributed by atoms with Gasteiger partial charge in [0.2, 0.25) is 5.88 Å². The van der Waals surface area contributed by atoms with Gasteiger partial charge in [0, 0.05) is 13.1 Å². The average Bonchev–Trinajstić information content (AvgIpc) is 2.61. The molecule has 3 aromatic rings. The van der Waals surface area contributed by atoms with Crippen LogP contribution in [0.15, 0.2) is 60.7 Å². The number of nitrogens with zero attached hydrogens (tertiary/aromatic N) is 2. The molecule has 0 saturated carbocycles. The molecule has 0 N–H and O–H groups in total. The fourth-order valence-corrected chi connectivity index (χ4v) is 2.39. The molecule has 3 rings (SSSR count). The van der Waals surface area contributed by atoms with Crippen LogP contribution in [-0.4, -0.2) is 24.3 Å². The molecule has 0 aliphatic carbocycles. The van der Waals surface area contributed by atoms with E-state index in [2.05, 4.69) is 11.1 Å². The Morgan fingerprint density at radius 2 is 1.78 bits per heavy atom. The Balaban J connectivity index is 1.79. The van der Waals surface area contributed by atoms with E-state index < -0.39 is 0 Å². The highest BCUT2D eigenvalue weighted by Crippen LogP contribution is 2.22. The van der Waals surface area contributed by atoms with Gasteiger partial charge in [0.15, 0.2) is 0 Å². The minimum atomic E-state index is 0.320. The molecule has 0 aliphatic heterocycles. The third-order valence-electron chi connectivity index (χ3n) is 3.46. The minimum absolute atomic E-state index is 0.320. The number of anilines is 1. The van der Waals surface area contributed by atoms with Crippen molar-refractivity contribution in [2.24, 2.45) is 0 Å². The molecule has 0 radical (unpaired) electrons. The normalized spacial score (nSPS) is 10.3. The Bertz CT molecular complexity index is 851. The SMILES string of the molecule is COc1cccc(N(C)C(=S)Oc2ccc3ccccc3c2)n1. The maximum absolute atomic E-state index is 5.79. The van der Waals surface area contributed by atoms with E-state index in [0.29, 0.717) is 22.6 Å². The summed E-state index contributed by atoms with van der Waals surface area (Å²) in [6.07, 6.45) is 0. The van der Waals surface area contributed by atoms with Gasteiger partial charge in [-0.25, -0.2) is 0 Å². The van der Waals surface area contributed by atoms with Gasteiger partial charge in [-0.05, 0) is 41.2 Å². The van der Waals surface area contributed by atoms with Crippen molar-refractivity contribution in [1.82, 2.24) is 4.98 Å². The van der Waals surface area contributed by atoms with E-state index in [1.54, 1.807) is 18.1 Å². The van der Waals surface area contributed by atoms with Crippen LogP contribution in [-0.2, 0) is 0 Å². The molecule has 0 saturated heterocycles. The molecule has 4 nitrogen and oxygen atoms in total. The van der Waals surface area contributed by atoms with Crippen LogP contribution in [0.4, 0.5) is 5.82 Å². The first kappa shape index (κ1) is 15.2. The van der Waals surface area contributed by atoms with Crippen LogP contribution < -0.4 is 14.4 Å². The summed E-state index contributed by atoms with van der Waals surface area (Å²) in [5, 5.41) is 2.59. The summed E-state index contributed by atoms with van der Waals surface area (Å²) in [6.45, 7) is 0. The van der Waals surface area contributed by atoms with Gasteiger partial charge < -0.3 is 9.47 Å². The lowest BCUT2D eigenvalue weighted by molar-refractivity contribution is 0.398. The summed E-state index contributed by atoms with van der Waals surface area (Å²) in [5.74, 6) is 1.89. The van der Waals surface area contributed by atoms with E-state index in [-0.39, 0.29) is 0 Å². The average molecular weight is 324 g/mol. The monoisotopic (exact) mass is 324 g/mol. The van der Waals surface area contributed by atoms with Crippen LogP contribution in [0.2, 0.25) is 0 Å². The molecule has 0 unspecified atom stereocenters. The summed E-state index contributed by atoms with van der Waals surface area (Å²) < 4.78 is 10.9. The van der Waals surface area contributed by atoms with Crippen molar-refractivity contribution in [2.75, 3.05) is 19.1 Å². The van der Waals surface area contributed by atoms with Gasteiger partial charge in [0.1, 0.15) is 11.6 Å². The number of pyridine rings is 1. The van der Waals surface area contributed by atoms with Crippen molar-refractivity contribution >= 4 is 34.0 Å². The zero-order valence-corrected chi connectivity index (χ0v) is 13.7. The number of thiocarbonyl (C=S) groups is 1. The summed E-state index contributed by atoms with van der Waals surface area (Å²) in [4.78, 5) is 6.04. The van der Waals surface area contributed by atoms with Crippen LogP contribution in [0.1, 0.15) is 0 Å². The molecule has 1 heterocycles. The number of methoxy groups -OCH3 is 1. The van der Waals surface area contributed by atoms with Crippen molar-refractivity contribution in [3.63, 3.8) is 0 Å². The van der Waals surface area contributed by atoms with Crippen LogP contribution in [0, 0.1) is 0 Å². The van der Waals surface area contributed by atoms with Crippen molar-refractivity contribution in [1.29, 1.82) is 0 Å². The highest BCUT2D eigenvalue weighted by Gasteiger charge is 2.11. The Morgan fingerprint density at radius 1 is 1.00 bits per heavy atom. The molecule has 0 aliphatic rings. The highest BCUT2D eigenvalue weighted by molar-refractivity contribution is 7.80. The largest absolute Gasteiger partial charge is 0.481 e. The van der Waals surface area contributed by atoms with E-state index >= 15 is 0 Å². The fraction of sp³-hybridized carbons (Fsp3) is 0.111. The van der Waals surface area contributed by atoms with Crippen molar-refractivity contribution in [3.8, 4) is 11.6 Å². The number of ether oxygens (including phenoxy) is 2. The number of hydrogen-bond donors (Lipinski definition) is 0. The maximum Gasteiger partial charge on any atom is 0.270 e. The lowest BCUT2D eigenvalue weighted by atomic mass is 10.1. The standard InChI is InChI=1S/C18H16N2O2S/c1-20(16-8-5-9-17(19-16)21-2)18(23)22-15-11-10-13-6-3-4-7-14(13)12-15/h3-12H,1-2H3. The zero-order chi connectivity index (χ0) is 16.2. The van der Waals surface area contributed by atoms with Gasteiger partial charge in [0.05, 0.1) is 7.11 Å². The predicted molar refractivity (Wildman–Crippen MR) is 96.4 cm³/mol. The summed E-state index contributed by atoms with van der Waals surface area (Å²) in [7, 11) is 3.39. The van der Waals surface area contributed by atoms with Crippen LogP contribution in [0.25, 0.3) is 10.8 Å². The molecule has 0 fully saturated rings. The van der Waals surface area contributed by atoms with Crippen molar-refractivity contribution in [2.45, 2.75) is 0 Å². The second kappa shape index (κ2) is 6.62. The molecular formula is C18H16N2O2S. The third kappa shape index (κ3) is 3.40. The Morgan fingerprint density at radius 3 is 2.57 bits per heavy atom. The van der Waals surface area contributed by atoms with Crippen LogP contribution in [0.5, 0.6) is 11.6 Å². The Labute approximate surface area is 140 Å². The van der Waals surface area contributed by atoms with Crippen LogP contribution in [0.3, 0.4) is 0 Å². The Kier molecular flexibility index (Phi) is 4.39. The van der Waals surface area contributed by atoms with Gasteiger partial charge >= 0.3 is 0 Å². The molecule has 1 aromatic heterocycles. The van der Waals surface area contributed by atoms with Gasteiger partial charge in [-0.2, -0.15) is 4.98 Å². The second-order valence-electron chi connectivity index (χ2n) is 4.97. The summed E-state index contributed by atoms with van der Waals surface area (Å²) in [6, 6.07) is 19.5. The molecule has 0 amide bonds. The highest BCUT2D eigenvalue weighted by atomic mass is 32.1. The molecule has 23 heavy (non-hydrogen) atoms. The van der Waals surface area contributed by atoms with E-state index in [0.717, 1.165) is 10.8 Å². The van der Waals surface area contributed by atoms with Crippen LogP contribution >= 0.6 is 12.2 Å². The quantitative estimate of drug-likeness (QED) is 0.679. The smallest absolute Gasteiger partial charge is 0.270 e. The lowest BCUT2D eigenvalue weighted by Crippen LogP contribution is -2.29. The molecule has 5 heteroatoms. The van der Waals surface area contributed by atoms with E-state index in [1.165, 1.54) is 0 Å². The molecule has 0 spiro atoms. The number of benzene rings is 2. The van der Waals surface area contributed by atoms with Crippen molar-refractivity contribution < 1.29 is 9.47 Å². The summed E-state index contributed by atoms with van der Waals surface area (Å²) in [5.41, 5.74) is 0. The fourth-order valence-electron chi connectivity index (χ4n) is 2.20. The first-order valence-electron chi connectivity index (χ1n) is 7.13. The van der Waals surface area contributed by atoms with Gasteiger partial charge in [-0.3, -0.25) is 4.90 Å². The topological polar surface area (TPSA) is 34.6 Å². The number of fused-ring (bicyclic) bond motifs is 1. The second-order valence-corrected chi connectivity index (χ2v) is 5.32. The van der Waals surface area contributed by atoms with E-state index in [4.69, 9.17) is 21.7 Å². The maximum atomic E-state index is 5.79. The molecular weight excluding hydrogens is 308 g/mol. The first-order valence-corrected chi connectivity index (χ1v) is 7.53. The third-order valence-corrected chi connectivity index (χ3v) is 3.82.